The van der Waals surface area contributed by atoms with Crippen LogP contribution >= 0.6 is 0 Å². The lowest BCUT2D eigenvalue weighted by molar-refractivity contribution is 0.00428. The van der Waals surface area contributed by atoms with Crippen molar-refractivity contribution in [1.82, 2.24) is 0 Å². The third-order valence-electron chi connectivity index (χ3n) is 3.26. The Balaban J connectivity index is 2.32. The van der Waals surface area contributed by atoms with Crippen molar-refractivity contribution in [3.63, 3.8) is 0 Å². The molecule has 0 aromatic heterocycles. The molecule has 0 aliphatic heterocycles. The molecule has 0 radical (unpaired) electrons. The fourth-order valence-corrected chi connectivity index (χ4v) is 3.46. The maximum absolute atomic E-state index is 6.04. The Labute approximate surface area is 123 Å². The second-order valence-corrected chi connectivity index (χ2v) is 8.27. The van der Waals surface area contributed by atoms with Crippen LogP contribution in [0.5, 0.6) is 0 Å². The maximum Gasteiger partial charge on any atom is 0.497 e. The number of para-hydroxylation sites is 1. The molecule has 0 spiro atoms. The number of hydrogen-bond acceptors (Lipinski definition) is 4. The summed E-state index contributed by atoms with van der Waals surface area (Å²) >= 11 is 0. The number of hydrogen-bond donors (Lipinski definition) is 1. The van der Waals surface area contributed by atoms with Gasteiger partial charge in [-0.25, -0.2) is 0 Å². The van der Waals surface area contributed by atoms with Gasteiger partial charge in [-0.2, -0.15) is 0 Å². The van der Waals surface area contributed by atoms with E-state index in [-0.39, 0.29) is 5.60 Å². The van der Waals surface area contributed by atoms with Crippen molar-refractivity contribution in [3.8, 4) is 0 Å². The Morgan fingerprint density at radius 2 is 1.70 bits per heavy atom. The summed E-state index contributed by atoms with van der Waals surface area (Å²) in [5, 5.41) is 3.40. The topological polar surface area (TPSA) is 39.7 Å². The van der Waals surface area contributed by atoms with Crippen molar-refractivity contribution >= 4 is 14.5 Å². The average Bonchev–Trinajstić information content (AvgIpc) is 2.44. The molecule has 0 bridgehead atoms. The molecule has 1 N–H and O–H groups in total. The molecule has 5 heteroatoms. The van der Waals surface area contributed by atoms with E-state index < -0.39 is 8.80 Å². The first kappa shape index (κ1) is 17.2. The molecule has 0 fully saturated rings. The number of rotatable bonds is 9. The van der Waals surface area contributed by atoms with Crippen LogP contribution in [0.25, 0.3) is 0 Å². The van der Waals surface area contributed by atoms with E-state index in [9.17, 15) is 0 Å². The minimum Gasteiger partial charge on any atom is -0.385 e. The molecule has 1 aromatic carbocycles. The van der Waals surface area contributed by atoms with Gasteiger partial charge in [-0.3, -0.25) is 0 Å². The summed E-state index contributed by atoms with van der Waals surface area (Å²) in [7, 11) is 0.806. The van der Waals surface area contributed by atoms with Gasteiger partial charge in [-0.15, -0.1) is 0 Å². The van der Waals surface area contributed by atoms with Crippen molar-refractivity contribution in [2.45, 2.75) is 38.8 Å². The second-order valence-electron chi connectivity index (χ2n) is 5.53. The molecule has 0 aliphatic carbocycles. The van der Waals surface area contributed by atoms with E-state index in [4.69, 9.17) is 13.3 Å². The molecule has 0 amide bonds. The normalized spacial score (nSPS) is 12.4. The molecular weight excluding hydrogens is 270 g/mol. The first-order chi connectivity index (χ1) is 9.41. The first-order valence-electron chi connectivity index (χ1n) is 7.00. The number of anilines is 1. The number of nitrogens with one attached hydrogen (secondary N) is 1. The molecule has 1 aromatic rings. The summed E-state index contributed by atoms with van der Waals surface area (Å²) < 4.78 is 16.8. The highest BCUT2D eigenvalue weighted by atomic mass is 28.4. The highest BCUT2D eigenvalue weighted by Crippen LogP contribution is 2.23. The monoisotopic (exact) mass is 297 g/mol. The van der Waals surface area contributed by atoms with Crippen LogP contribution in [0.1, 0.15) is 26.7 Å². The molecule has 0 aliphatic rings. The predicted molar refractivity (Wildman–Crippen MR) is 85.0 cm³/mol. The van der Waals surface area contributed by atoms with Crippen LogP contribution in [0, 0.1) is 0 Å². The van der Waals surface area contributed by atoms with Gasteiger partial charge in [0.05, 0.1) is 5.60 Å². The lowest BCUT2D eigenvalue weighted by Gasteiger charge is -2.33. The van der Waals surface area contributed by atoms with Gasteiger partial charge in [-0.05, 0) is 38.8 Å². The van der Waals surface area contributed by atoms with Gasteiger partial charge >= 0.3 is 8.80 Å². The molecule has 20 heavy (non-hydrogen) atoms. The summed E-state index contributed by atoms with van der Waals surface area (Å²) in [6.07, 6.45) is 1.97. The van der Waals surface area contributed by atoms with Crippen LogP contribution in [0.15, 0.2) is 30.3 Å². The van der Waals surface area contributed by atoms with Crippen molar-refractivity contribution in [2.24, 2.45) is 0 Å². The Morgan fingerprint density at radius 1 is 1.10 bits per heavy atom. The molecule has 0 unspecified atom stereocenters. The van der Waals surface area contributed by atoms with E-state index in [1.54, 1.807) is 14.2 Å². The van der Waals surface area contributed by atoms with E-state index >= 15 is 0 Å². The van der Waals surface area contributed by atoms with Crippen LogP contribution in [0.2, 0.25) is 6.55 Å². The molecule has 0 atom stereocenters. The molecule has 0 heterocycles. The zero-order chi connectivity index (χ0) is 15.1. The van der Waals surface area contributed by atoms with Gasteiger partial charge < -0.3 is 18.6 Å². The Morgan fingerprint density at radius 3 is 2.25 bits per heavy atom. The van der Waals surface area contributed by atoms with E-state index in [1.165, 1.54) is 0 Å². The third kappa shape index (κ3) is 6.05. The Bertz CT molecular complexity index is 380. The van der Waals surface area contributed by atoms with Crippen LogP contribution in [0.4, 0.5) is 5.69 Å². The lowest BCUT2D eigenvalue weighted by Crippen LogP contribution is -2.47. The molecular formula is C15H27NO3Si. The SMILES string of the molecule is CO[Si](C)(OC)OC(C)(C)CCCNc1ccccc1. The van der Waals surface area contributed by atoms with Crippen molar-refractivity contribution < 1.29 is 13.3 Å². The van der Waals surface area contributed by atoms with Crippen LogP contribution in [-0.4, -0.2) is 35.2 Å². The standard InChI is InChI=1S/C15H27NO3Si/c1-15(2,19-20(5,17-3)18-4)12-9-13-16-14-10-7-6-8-11-14/h6-8,10-11,16H,9,12-13H2,1-5H3. The minimum atomic E-state index is -2.48. The van der Waals surface area contributed by atoms with Gasteiger partial charge in [0.15, 0.2) is 0 Å². The summed E-state index contributed by atoms with van der Waals surface area (Å²) in [5.74, 6) is 0. The van der Waals surface area contributed by atoms with Crippen LogP contribution in [-0.2, 0) is 13.3 Å². The molecule has 0 saturated heterocycles. The van der Waals surface area contributed by atoms with Gasteiger partial charge in [0.25, 0.3) is 0 Å². The average molecular weight is 297 g/mol. The van der Waals surface area contributed by atoms with Crippen molar-refractivity contribution in [1.29, 1.82) is 0 Å². The van der Waals surface area contributed by atoms with Crippen LogP contribution < -0.4 is 5.32 Å². The summed E-state index contributed by atoms with van der Waals surface area (Å²) in [5.41, 5.74) is 0.907. The molecule has 0 saturated carbocycles. The van der Waals surface area contributed by atoms with Gasteiger partial charge in [0.2, 0.25) is 0 Å². The highest BCUT2D eigenvalue weighted by Gasteiger charge is 2.38. The fourth-order valence-electron chi connectivity index (χ4n) is 2.02. The zero-order valence-electron chi connectivity index (χ0n) is 13.2. The highest BCUT2D eigenvalue weighted by molar-refractivity contribution is 6.59. The minimum absolute atomic E-state index is 0.245. The first-order valence-corrected chi connectivity index (χ1v) is 9.23. The largest absolute Gasteiger partial charge is 0.497 e. The lowest BCUT2D eigenvalue weighted by atomic mass is 10.0. The molecule has 1 rings (SSSR count). The summed E-state index contributed by atoms with van der Waals surface area (Å²) in [4.78, 5) is 0. The Hall–Kier alpha value is -0.883. The predicted octanol–water partition coefficient (Wildman–Crippen LogP) is 3.54. The van der Waals surface area contributed by atoms with Crippen LogP contribution in [0.3, 0.4) is 0 Å². The fraction of sp³-hybridized carbons (Fsp3) is 0.600. The quantitative estimate of drug-likeness (QED) is 0.559. The van der Waals surface area contributed by atoms with E-state index in [1.807, 2.05) is 24.7 Å². The molecule has 114 valence electrons. The summed E-state index contributed by atoms with van der Waals surface area (Å²) in [6, 6.07) is 10.2. The Kier molecular flexibility index (Phi) is 6.68. The smallest absolute Gasteiger partial charge is 0.385 e. The van der Waals surface area contributed by atoms with E-state index in [0.29, 0.717) is 0 Å². The molecule has 4 nitrogen and oxygen atoms in total. The maximum atomic E-state index is 6.04. The van der Waals surface area contributed by atoms with E-state index in [0.717, 1.165) is 25.1 Å². The van der Waals surface area contributed by atoms with E-state index in [2.05, 4.69) is 31.3 Å². The van der Waals surface area contributed by atoms with Gasteiger partial charge in [0, 0.05) is 33.0 Å². The van der Waals surface area contributed by atoms with Crippen molar-refractivity contribution in [2.75, 3.05) is 26.1 Å². The zero-order valence-corrected chi connectivity index (χ0v) is 14.2. The summed E-state index contributed by atoms with van der Waals surface area (Å²) in [6.45, 7) is 7.00. The third-order valence-corrected chi connectivity index (χ3v) is 5.67. The van der Waals surface area contributed by atoms with Gasteiger partial charge in [0.1, 0.15) is 0 Å². The number of benzene rings is 1. The van der Waals surface area contributed by atoms with Gasteiger partial charge in [-0.1, -0.05) is 18.2 Å². The second kappa shape index (κ2) is 7.78. The van der Waals surface area contributed by atoms with Crippen molar-refractivity contribution in [3.05, 3.63) is 30.3 Å².